The van der Waals surface area contributed by atoms with E-state index in [9.17, 15) is 9.59 Å². The molecule has 0 saturated carbocycles. The highest BCUT2D eigenvalue weighted by molar-refractivity contribution is 7.78. The molecule has 0 saturated heterocycles. The van der Waals surface area contributed by atoms with E-state index in [1.165, 1.54) is 0 Å². The van der Waals surface area contributed by atoms with E-state index >= 15 is 0 Å². The van der Waals surface area contributed by atoms with Crippen molar-refractivity contribution in [2.75, 3.05) is 13.1 Å². The zero-order valence-corrected chi connectivity index (χ0v) is 9.43. The number of primary amides is 1. The van der Waals surface area contributed by atoms with Crippen molar-refractivity contribution in [1.29, 1.82) is 0 Å². The van der Waals surface area contributed by atoms with Gasteiger partial charge in [-0.25, -0.2) is 0 Å². The number of hydrogen-bond donors (Lipinski definition) is 5. The molecule has 0 unspecified atom stereocenters. The van der Waals surface area contributed by atoms with Gasteiger partial charge in [-0.05, 0) is 19.3 Å². The van der Waals surface area contributed by atoms with Crippen molar-refractivity contribution in [3.63, 3.8) is 0 Å². The molecule has 0 aliphatic heterocycles. The van der Waals surface area contributed by atoms with Crippen molar-refractivity contribution in [1.82, 2.24) is 10.0 Å². The molecule has 0 radical (unpaired) electrons. The summed E-state index contributed by atoms with van der Waals surface area (Å²) in [6.07, 6.45) is 2.09. The minimum absolute atomic E-state index is 0.107. The van der Waals surface area contributed by atoms with Gasteiger partial charge in [0.15, 0.2) is 0 Å². The molecule has 0 heterocycles. The van der Waals surface area contributed by atoms with Crippen molar-refractivity contribution in [3.05, 3.63) is 0 Å². The van der Waals surface area contributed by atoms with Gasteiger partial charge in [0.2, 0.25) is 11.8 Å². The normalized spacial score (nSPS) is 12.1. The topological polar surface area (TPSA) is 110 Å². The molecule has 0 aromatic carbocycles. The Bertz CT molecular complexity index is 213. The molecule has 2 amide bonds. The maximum Gasteiger partial charge on any atom is 0.234 e. The summed E-state index contributed by atoms with van der Waals surface area (Å²) in [6, 6.07) is -0.584. The molecular formula is C8H18N4O2S. The lowest BCUT2D eigenvalue weighted by Gasteiger charge is -2.07. The van der Waals surface area contributed by atoms with E-state index in [0.717, 1.165) is 12.8 Å². The third-order valence-corrected chi connectivity index (χ3v) is 2.03. The molecule has 88 valence electrons. The minimum Gasteiger partial charge on any atom is -0.368 e. The first-order chi connectivity index (χ1) is 7.07. The number of unbranched alkanes of at least 4 members (excludes halogenated alkanes) is 1. The van der Waals surface area contributed by atoms with Crippen LogP contribution < -0.4 is 21.5 Å². The Balaban J connectivity index is 3.32. The van der Waals surface area contributed by atoms with E-state index in [-0.39, 0.29) is 12.5 Å². The fourth-order valence-corrected chi connectivity index (χ4v) is 1.14. The number of nitrogens with one attached hydrogen (secondary N) is 2. The molecule has 6 N–H and O–H groups in total. The monoisotopic (exact) mass is 234 g/mol. The minimum atomic E-state index is -0.584. The summed E-state index contributed by atoms with van der Waals surface area (Å²) in [5.41, 5.74) is 10.4. The highest BCUT2D eigenvalue weighted by Crippen LogP contribution is 1.97. The fraction of sp³-hybridized carbons (Fsp3) is 0.750. The van der Waals surface area contributed by atoms with Crippen LogP contribution in [0.4, 0.5) is 0 Å². The lowest BCUT2D eigenvalue weighted by Crippen LogP contribution is -2.36. The third-order valence-electron chi connectivity index (χ3n) is 1.87. The van der Waals surface area contributed by atoms with Crippen LogP contribution in [0.1, 0.15) is 19.3 Å². The van der Waals surface area contributed by atoms with Crippen LogP contribution in [0.3, 0.4) is 0 Å². The van der Waals surface area contributed by atoms with E-state index in [1.807, 2.05) is 0 Å². The second-order valence-electron chi connectivity index (χ2n) is 3.19. The number of thiol groups is 1. The summed E-state index contributed by atoms with van der Waals surface area (Å²) in [5.74, 6) is -0.595. The van der Waals surface area contributed by atoms with Gasteiger partial charge in [0, 0.05) is 6.54 Å². The van der Waals surface area contributed by atoms with Crippen LogP contribution in [-0.2, 0) is 9.59 Å². The number of carbonyl (C=O) groups excluding carboxylic acids is 2. The molecule has 0 aromatic rings. The number of hydrogen-bond acceptors (Lipinski definition) is 5. The van der Waals surface area contributed by atoms with Crippen molar-refractivity contribution >= 4 is 24.6 Å². The van der Waals surface area contributed by atoms with Crippen molar-refractivity contribution in [3.8, 4) is 0 Å². The van der Waals surface area contributed by atoms with Gasteiger partial charge in [0.05, 0.1) is 12.6 Å². The highest BCUT2D eigenvalue weighted by Gasteiger charge is 2.07. The quantitative estimate of drug-likeness (QED) is 0.260. The summed E-state index contributed by atoms with van der Waals surface area (Å²) in [5, 5.41) is 2.68. The highest BCUT2D eigenvalue weighted by atomic mass is 32.1. The second kappa shape index (κ2) is 8.51. The van der Waals surface area contributed by atoms with E-state index in [0.29, 0.717) is 13.0 Å². The molecule has 15 heavy (non-hydrogen) atoms. The maximum atomic E-state index is 10.9. The largest absolute Gasteiger partial charge is 0.368 e. The van der Waals surface area contributed by atoms with E-state index in [4.69, 9.17) is 11.5 Å². The first-order valence-electron chi connectivity index (χ1n) is 4.76. The van der Waals surface area contributed by atoms with Gasteiger partial charge in [-0.15, -0.1) is 0 Å². The van der Waals surface area contributed by atoms with Gasteiger partial charge in [0.1, 0.15) is 0 Å². The van der Waals surface area contributed by atoms with Gasteiger partial charge in [-0.1, -0.05) is 12.8 Å². The molecule has 0 spiro atoms. The molecule has 0 aliphatic rings. The molecule has 0 aliphatic carbocycles. The molecule has 0 rings (SSSR count). The van der Waals surface area contributed by atoms with Crippen LogP contribution in [0.15, 0.2) is 0 Å². The number of nitrogens with two attached hydrogens (primary N) is 2. The molecule has 0 aromatic heterocycles. The Hall–Kier alpha value is -0.790. The van der Waals surface area contributed by atoms with Crippen molar-refractivity contribution in [2.45, 2.75) is 25.3 Å². The predicted octanol–water partition coefficient (Wildman–Crippen LogP) is -1.48. The van der Waals surface area contributed by atoms with Crippen LogP contribution in [0.5, 0.6) is 0 Å². The van der Waals surface area contributed by atoms with Gasteiger partial charge >= 0.3 is 0 Å². The van der Waals surface area contributed by atoms with E-state index in [2.05, 4.69) is 22.9 Å². The van der Waals surface area contributed by atoms with E-state index < -0.39 is 11.9 Å². The average molecular weight is 234 g/mol. The first kappa shape index (κ1) is 14.2. The Morgan fingerprint density at radius 2 is 2.00 bits per heavy atom. The number of rotatable bonds is 8. The zero-order chi connectivity index (χ0) is 11.7. The molecule has 0 fully saturated rings. The molecule has 1 atom stereocenters. The third kappa shape index (κ3) is 8.22. The Morgan fingerprint density at radius 3 is 2.53 bits per heavy atom. The molecule has 7 heteroatoms. The van der Waals surface area contributed by atoms with Crippen LogP contribution >= 0.6 is 12.8 Å². The van der Waals surface area contributed by atoms with Crippen LogP contribution in [0.25, 0.3) is 0 Å². The van der Waals surface area contributed by atoms with Gasteiger partial charge in [-0.2, -0.15) is 0 Å². The second-order valence-corrected chi connectivity index (χ2v) is 3.51. The van der Waals surface area contributed by atoms with Crippen LogP contribution in [0.2, 0.25) is 0 Å². The maximum absolute atomic E-state index is 10.9. The lowest BCUT2D eigenvalue weighted by molar-refractivity contribution is -0.120. The van der Waals surface area contributed by atoms with E-state index in [1.54, 1.807) is 0 Å². The molecular weight excluding hydrogens is 216 g/mol. The predicted molar refractivity (Wildman–Crippen MR) is 61.0 cm³/mol. The Labute approximate surface area is 94.7 Å². The molecule has 6 nitrogen and oxygen atoms in total. The van der Waals surface area contributed by atoms with Crippen molar-refractivity contribution in [2.24, 2.45) is 11.5 Å². The Morgan fingerprint density at radius 1 is 1.33 bits per heavy atom. The zero-order valence-electron chi connectivity index (χ0n) is 8.53. The first-order valence-corrected chi connectivity index (χ1v) is 5.21. The fourth-order valence-electron chi connectivity index (χ4n) is 0.994. The number of amides is 2. The lowest BCUT2D eigenvalue weighted by atomic mass is 10.1. The van der Waals surface area contributed by atoms with Crippen LogP contribution in [-0.4, -0.2) is 30.9 Å². The van der Waals surface area contributed by atoms with Gasteiger partial charge < -0.3 is 16.8 Å². The Kier molecular flexibility index (Phi) is 8.06. The summed E-state index contributed by atoms with van der Waals surface area (Å²) in [7, 11) is 0. The standard InChI is InChI=1S/C8H18N4O2S/c9-6(8(10)14)3-1-2-4-11-7(13)5-12-15/h6,12,15H,1-5,9H2,(H2,10,14)(H,11,13)/t6-/m0/s1. The van der Waals surface area contributed by atoms with Crippen LogP contribution in [0, 0.1) is 0 Å². The summed E-state index contributed by atoms with van der Waals surface area (Å²) in [4.78, 5) is 21.5. The van der Waals surface area contributed by atoms with Gasteiger partial charge in [-0.3, -0.25) is 14.3 Å². The smallest absolute Gasteiger partial charge is 0.234 e. The SMILES string of the molecule is NC(=O)[C@@H](N)CCCCNC(=O)CNS. The van der Waals surface area contributed by atoms with Gasteiger partial charge in [0.25, 0.3) is 0 Å². The summed E-state index contributed by atoms with van der Waals surface area (Å²) in [6.45, 7) is 0.754. The number of carbonyl (C=O) groups is 2. The van der Waals surface area contributed by atoms with Crippen molar-refractivity contribution < 1.29 is 9.59 Å². The summed E-state index contributed by atoms with van der Waals surface area (Å²) >= 11 is 3.69. The molecule has 0 bridgehead atoms. The summed E-state index contributed by atoms with van der Waals surface area (Å²) < 4.78 is 2.44. The average Bonchev–Trinajstić information content (AvgIpc) is 2.17.